The van der Waals surface area contributed by atoms with Gasteiger partial charge in [-0.3, -0.25) is 24.9 Å². The maximum Gasteiger partial charge on any atom is 0.407 e. The second kappa shape index (κ2) is 24.2. The standard InChI is InChI=1S/C54H64ClF4N9O8/c1-52(2,3)47(76-50(72)60-6)49(71)65-67(28-39-40(55)23-35(24-41(39)56)42-10-8-9-21-61-42)29-44(69)43(63-48(70)46(64-51(73)74-7)53(4,5)54(57,58)59)22-33-14-11-32(12-15-33)13-16-34-17-20-45(62-25-34)66-26-36-18-19-37(27-66)68(36)38-30-75-31-38/h8-12,14-15,17,20-21,23-25,36-38,43-44,46-47,69H,18-19,22,26-31H2,1-7H3,(H,60,72)(H,63,70)(H,64,73)(H,65,71)/t36-,37-,43-,44-,46+,47+/m0/s1. The third-order valence-corrected chi connectivity index (χ3v) is 14.3. The van der Waals surface area contributed by atoms with E-state index < -0.39 is 84.2 Å². The monoisotopic (exact) mass is 1080 g/mol. The number of halogens is 5. The van der Waals surface area contributed by atoms with Crippen molar-refractivity contribution in [2.45, 2.75) is 109 Å². The first-order chi connectivity index (χ1) is 35.9. The fourth-order valence-electron chi connectivity index (χ4n) is 9.48. The van der Waals surface area contributed by atoms with Crippen LogP contribution in [0.4, 0.5) is 33.0 Å². The van der Waals surface area contributed by atoms with Crippen LogP contribution in [-0.2, 0) is 36.8 Å². The summed E-state index contributed by atoms with van der Waals surface area (Å²) >= 11 is 6.70. The molecule has 2 aromatic heterocycles. The number of rotatable bonds is 17. The van der Waals surface area contributed by atoms with Crippen molar-refractivity contribution in [3.63, 3.8) is 0 Å². The maximum absolute atomic E-state index is 16.2. The third-order valence-electron chi connectivity index (χ3n) is 13.9. The first kappa shape index (κ1) is 57.1. The Morgan fingerprint density at radius 3 is 2.12 bits per heavy atom. The molecular formula is C54H64ClF4N9O8. The predicted octanol–water partition coefficient (Wildman–Crippen LogP) is 6.39. The number of nitrogens with one attached hydrogen (secondary N) is 4. The number of nitrogens with zero attached hydrogens (tertiary/aromatic N) is 5. The lowest BCUT2D eigenvalue weighted by atomic mass is 9.82. The average Bonchev–Trinajstić information content (AvgIpc) is 3.61. The number of aliphatic hydroxyl groups excluding tert-OH is 1. The molecule has 3 aliphatic heterocycles. The largest absolute Gasteiger partial charge is 0.453 e. The van der Waals surface area contributed by atoms with E-state index in [0.717, 1.165) is 70.9 Å². The fraction of sp³-hybridized carbons (Fsp3) is 0.481. The van der Waals surface area contributed by atoms with E-state index in [0.29, 0.717) is 46.1 Å². The number of pyridine rings is 2. The second-order valence-electron chi connectivity index (χ2n) is 20.8. The van der Waals surface area contributed by atoms with Crippen molar-refractivity contribution in [3.05, 3.63) is 112 Å². The molecule has 5 N–H and O–H groups in total. The first-order valence-electron chi connectivity index (χ1n) is 24.9. The van der Waals surface area contributed by atoms with Gasteiger partial charge < -0.3 is 40.2 Å². The van der Waals surface area contributed by atoms with Crippen molar-refractivity contribution >= 4 is 41.4 Å². The summed E-state index contributed by atoms with van der Waals surface area (Å²) in [4.78, 5) is 67.1. The zero-order valence-corrected chi connectivity index (χ0v) is 44.1. The number of fused-ring (bicyclic) bond motifs is 2. The lowest BCUT2D eigenvalue weighted by Crippen LogP contribution is -2.62. The number of alkyl carbamates (subject to hydrolysis) is 2. The van der Waals surface area contributed by atoms with Crippen molar-refractivity contribution in [1.82, 2.24) is 41.3 Å². The molecule has 408 valence electrons. The number of methoxy groups -OCH3 is 1. The van der Waals surface area contributed by atoms with Crippen LogP contribution >= 0.6 is 11.6 Å². The minimum Gasteiger partial charge on any atom is -0.453 e. The number of hydrogen-bond acceptors (Lipinski definition) is 13. The summed E-state index contributed by atoms with van der Waals surface area (Å²) in [7, 11) is 2.22. The van der Waals surface area contributed by atoms with E-state index >= 15 is 4.39 Å². The predicted molar refractivity (Wildman–Crippen MR) is 275 cm³/mol. The summed E-state index contributed by atoms with van der Waals surface area (Å²) in [6.45, 7) is 8.55. The van der Waals surface area contributed by atoms with Gasteiger partial charge in [0.05, 0.1) is 49.6 Å². The Morgan fingerprint density at radius 1 is 0.895 bits per heavy atom. The number of carbonyl (C=O) groups excluding carboxylic acids is 4. The van der Waals surface area contributed by atoms with Crippen LogP contribution in [0.1, 0.15) is 69.7 Å². The van der Waals surface area contributed by atoms with E-state index in [-0.39, 0.29) is 17.0 Å². The Morgan fingerprint density at radius 2 is 1.57 bits per heavy atom. The molecule has 0 aliphatic carbocycles. The molecule has 4 aromatic rings. The molecule has 0 spiro atoms. The number of alkyl halides is 3. The van der Waals surface area contributed by atoms with Crippen LogP contribution in [0.25, 0.3) is 11.3 Å². The molecule has 17 nitrogen and oxygen atoms in total. The van der Waals surface area contributed by atoms with E-state index in [2.05, 4.69) is 47.4 Å². The van der Waals surface area contributed by atoms with Crippen molar-refractivity contribution in [2.24, 2.45) is 10.8 Å². The number of hydrazine groups is 1. The lowest BCUT2D eigenvalue weighted by molar-refractivity contribution is -0.220. The quantitative estimate of drug-likeness (QED) is 0.0443. The molecule has 6 atom stereocenters. The number of piperazine rings is 1. The van der Waals surface area contributed by atoms with Gasteiger partial charge in [-0.15, -0.1) is 0 Å². The summed E-state index contributed by atoms with van der Waals surface area (Å²) in [5, 5.41) is 20.0. The van der Waals surface area contributed by atoms with Gasteiger partial charge in [0.15, 0.2) is 6.10 Å². The highest BCUT2D eigenvalue weighted by molar-refractivity contribution is 6.31. The molecule has 3 fully saturated rings. The molecule has 0 radical (unpaired) electrons. The fourth-order valence-corrected chi connectivity index (χ4v) is 9.75. The number of ether oxygens (including phenoxy) is 3. The van der Waals surface area contributed by atoms with E-state index in [4.69, 9.17) is 26.1 Å². The van der Waals surface area contributed by atoms with Crippen LogP contribution in [0, 0.1) is 28.5 Å². The number of benzene rings is 2. The Balaban J connectivity index is 1.15. The number of amides is 4. The van der Waals surface area contributed by atoms with Gasteiger partial charge in [0.25, 0.3) is 5.91 Å². The molecule has 22 heteroatoms. The minimum atomic E-state index is -5.03. The second-order valence-corrected chi connectivity index (χ2v) is 21.3. The molecule has 2 bridgehead atoms. The van der Waals surface area contributed by atoms with Gasteiger partial charge >= 0.3 is 18.4 Å². The molecule has 3 aliphatic rings. The van der Waals surface area contributed by atoms with E-state index in [1.54, 1.807) is 69.4 Å². The molecule has 0 saturated carbocycles. The maximum atomic E-state index is 16.2. The number of aromatic nitrogens is 2. The SMILES string of the molecule is CNC(=O)O[C@H](C(=O)NN(Cc1c(F)cc(-c2ccccn2)cc1Cl)C[C@H](O)[C@H](Cc1ccc(C#Cc2ccc(N3C[C@@H]4CC[C@@H](C3)N4C3COC3)nc2)cc1)NC(=O)[C@@H](NC(=O)OC)C(C)(C)C(F)(F)F)C(C)(C)C. The number of aliphatic hydroxyl groups is 1. The van der Waals surface area contributed by atoms with Crippen LogP contribution in [0.2, 0.25) is 5.02 Å². The molecule has 3 saturated heterocycles. The normalized spacial score (nSPS) is 18.5. The summed E-state index contributed by atoms with van der Waals surface area (Å²) in [6, 6.07) is 16.0. The highest BCUT2D eigenvalue weighted by Gasteiger charge is 2.56. The number of anilines is 1. The van der Waals surface area contributed by atoms with Gasteiger partial charge in [-0.05, 0) is 87.2 Å². The van der Waals surface area contributed by atoms with Gasteiger partial charge in [-0.1, -0.05) is 62.4 Å². The van der Waals surface area contributed by atoms with Crippen LogP contribution in [0.5, 0.6) is 0 Å². The lowest BCUT2D eigenvalue weighted by Gasteiger charge is -2.47. The van der Waals surface area contributed by atoms with Crippen molar-refractivity contribution in [3.8, 4) is 23.1 Å². The van der Waals surface area contributed by atoms with E-state index in [1.165, 1.54) is 25.4 Å². The molecule has 2 aromatic carbocycles. The van der Waals surface area contributed by atoms with Gasteiger partial charge in [0.2, 0.25) is 5.91 Å². The molecule has 76 heavy (non-hydrogen) atoms. The smallest absolute Gasteiger partial charge is 0.407 e. The topological polar surface area (TPSA) is 200 Å². The minimum absolute atomic E-state index is 0.0909. The first-order valence-corrected chi connectivity index (χ1v) is 25.2. The van der Waals surface area contributed by atoms with Crippen molar-refractivity contribution < 1.29 is 56.1 Å². The molecule has 0 unspecified atom stereocenters. The molecule has 4 amide bonds. The van der Waals surface area contributed by atoms with Crippen molar-refractivity contribution in [2.75, 3.05) is 51.9 Å². The van der Waals surface area contributed by atoms with Gasteiger partial charge in [0.1, 0.15) is 17.7 Å². The molecule has 7 rings (SSSR count). The van der Waals surface area contributed by atoms with E-state index in [1.807, 2.05) is 17.4 Å². The van der Waals surface area contributed by atoms with Crippen LogP contribution in [-0.4, -0.2) is 145 Å². The van der Waals surface area contributed by atoms with E-state index in [9.17, 15) is 37.5 Å². The Bertz CT molecular complexity index is 2720. The summed E-state index contributed by atoms with van der Waals surface area (Å²) < 4.78 is 75.4. The van der Waals surface area contributed by atoms with Crippen molar-refractivity contribution in [1.29, 1.82) is 0 Å². The Labute approximate surface area is 444 Å². The van der Waals surface area contributed by atoms with Crippen LogP contribution < -0.4 is 26.3 Å². The Kier molecular flexibility index (Phi) is 18.2. The van der Waals surface area contributed by atoms with Gasteiger partial charge in [-0.2, -0.15) is 13.2 Å². The summed E-state index contributed by atoms with van der Waals surface area (Å²) in [6.07, 6.45) is -5.20. The Hall–Kier alpha value is -6.57. The van der Waals surface area contributed by atoms with Crippen LogP contribution in [0.15, 0.2) is 79.1 Å². The summed E-state index contributed by atoms with van der Waals surface area (Å²) in [5.41, 5.74) is 1.07. The molecular weight excluding hydrogens is 1010 g/mol. The zero-order chi connectivity index (χ0) is 55.1. The summed E-state index contributed by atoms with van der Waals surface area (Å²) in [5.74, 6) is 4.08. The van der Waals surface area contributed by atoms with Gasteiger partial charge in [-0.25, -0.2) is 24.0 Å². The average molecular weight is 1080 g/mol. The number of hydrogen-bond donors (Lipinski definition) is 5. The number of carbonyl (C=O) groups is 4. The highest BCUT2D eigenvalue weighted by atomic mass is 35.5. The zero-order valence-electron chi connectivity index (χ0n) is 43.3. The van der Waals surface area contributed by atoms with Crippen LogP contribution in [0.3, 0.4) is 0 Å². The van der Waals surface area contributed by atoms with Gasteiger partial charge in [0, 0.05) is 90.4 Å². The molecule has 5 heterocycles. The third kappa shape index (κ3) is 13.9. The highest BCUT2D eigenvalue weighted by Crippen LogP contribution is 2.41.